The lowest BCUT2D eigenvalue weighted by atomic mass is 9.80. The third kappa shape index (κ3) is 5.28. The van der Waals surface area contributed by atoms with Gasteiger partial charge in [0.15, 0.2) is 0 Å². The molecule has 0 aliphatic carbocycles. The molecule has 0 aromatic heterocycles. The molecule has 0 saturated carbocycles. The molecule has 0 radical (unpaired) electrons. The Morgan fingerprint density at radius 1 is 1.16 bits per heavy atom. The molecule has 2 amide bonds. The van der Waals surface area contributed by atoms with Crippen LogP contribution in [0.2, 0.25) is 0 Å². The molecule has 0 heterocycles. The minimum absolute atomic E-state index is 0.212. The zero-order chi connectivity index (χ0) is 15.2. The molecule has 0 spiro atoms. The molecule has 110 valence electrons. The van der Waals surface area contributed by atoms with E-state index in [-0.39, 0.29) is 12.5 Å². The topological polar surface area (TPSA) is 84.5 Å². The fourth-order valence-corrected chi connectivity index (χ4v) is 1.66. The first kappa shape index (κ1) is 17.4. The van der Waals surface area contributed by atoms with E-state index in [1.54, 1.807) is 34.6 Å². The number of esters is 1. The van der Waals surface area contributed by atoms with Crippen LogP contribution in [0.4, 0.5) is 0 Å². The van der Waals surface area contributed by atoms with Gasteiger partial charge in [0, 0.05) is 7.05 Å². The zero-order valence-corrected chi connectivity index (χ0v) is 12.5. The van der Waals surface area contributed by atoms with Crippen LogP contribution in [0.25, 0.3) is 0 Å². The molecule has 0 fully saturated rings. The van der Waals surface area contributed by atoms with E-state index < -0.39 is 29.3 Å². The number of carbonyl (C=O) groups is 3. The van der Waals surface area contributed by atoms with E-state index in [1.807, 2.05) is 0 Å². The second-order valence-electron chi connectivity index (χ2n) is 5.40. The van der Waals surface area contributed by atoms with Crippen molar-refractivity contribution in [1.29, 1.82) is 0 Å². The van der Waals surface area contributed by atoms with Gasteiger partial charge in [0.05, 0.1) is 6.61 Å². The van der Waals surface area contributed by atoms with E-state index in [1.165, 1.54) is 7.05 Å². The van der Waals surface area contributed by atoms with Gasteiger partial charge in [-0.05, 0) is 19.3 Å². The van der Waals surface area contributed by atoms with Crippen molar-refractivity contribution in [2.45, 2.75) is 40.7 Å². The van der Waals surface area contributed by atoms with Crippen LogP contribution >= 0.6 is 0 Å². The van der Waals surface area contributed by atoms with E-state index in [2.05, 4.69) is 10.6 Å². The molecule has 0 aliphatic rings. The summed E-state index contributed by atoms with van der Waals surface area (Å²) in [5.74, 6) is -2.33. The van der Waals surface area contributed by atoms with Gasteiger partial charge in [-0.3, -0.25) is 14.4 Å². The number of hydrogen-bond donors (Lipinski definition) is 2. The normalized spacial score (nSPS) is 14.2. The molecular weight excluding hydrogens is 248 g/mol. The van der Waals surface area contributed by atoms with Gasteiger partial charge in [-0.15, -0.1) is 0 Å². The number of rotatable bonds is 5. The molecule has 0 aliphatic heterocycles. The lowest BCUT2D eigenvalue weighted by Crippen LogP contribution is -2.50. The molecule has 2 unspecified atom stereocenters. The molecule has 2 N–H and O–H groups in total. The Morgan fingerprint density at radius 2 is 1.68 bits per heavy atom. The van der Waals surface area contributed by atoms with Crippen molar-refractivity contribution in [1.82, 2.24) is 10.6 Å². The maximum Gasteiger partial charge on any atom is 0.319 e. The summed E-state index contributed by atoms with van der Waals surface area (Å²) in [5.41, 5.74) is -0.585. The highest BCUT2D eigenvalue weighted by atomic mass is 16.5. The summed E-state index contributed by atoms with van der Waals surface area (Å²) in [6.45, 7) is 8.78. The molecule has 0 rings (SSSR count). The van der Waals surface area contributed by atoms with E-state index in [4.69, 9.17) is 4.74 Å². The first-order chi connectivity index (χ1) is 8.65. The highest BCUT2D eigenvalue weighted by molar-refractivity contribution is 6.00. The summed E-state index contributed by atoms with van der Waals surface area (Å²) in [7, 11) is 1.48. The van der Waals surface area contributed by atoms with Crippen LogP contribution in [0.3, 0.4) is 0 Å². The van der Waals surface area contributed by atoms with E-state index in [0.29, 0.717) is 0 Å². The largest absolute Gasteiger partial charge is 0.465 e. The minimum atomic E-state index is -0.945. The molecule has 0 bridgehead atoms. The molecule has 6 heteroatoms. The fourth-order valence-electron chi connectivity index (χ4n) is 1.66. The Hall–Kier alpha value is -1.59. The quantitative estimate of drug-likeness (QED) is 0.562. The summed E-state index contributed by atoms with van der Waals surface area (Å²) in [6, 6.07) is -0.697. The zero-order valence-electron chi connectivity index (χ0n) is 12.5. The first-order valence-corrected chi connectivity index (χ1v) is 6.33. The summed E-state index contributed by atoms with van der Waals surface area (Å²) in [6.07, 6.45) is 0. The van der Waals surface area contributed by atoms with Crippen LogP contribution in [0, 0.1) is 11.3 Å². The van der Waals surface area contributed by atoms with Crippen LogP contribution in [-0.2, 0) is 19.1 Å². The summed E-state index contributed by atoms with van der Waals surface area (Å²) < 4.78 is 4.92. The van der Waals surface area contributed by atoms with E-state index in [0.717, 1.165) is 0 Å². The van der Waals surface area contributed by atoms with Gasteiger partial charge in [-0.2, -0.15) is 0 Å². The monoisotopic (exact) mass is 272 g/mol. The standard InChI is InChI=1S/C13H24N2O4/c1-7-19-12(18)9(13(3,4)5)11(17)15-8(2)10(16)14-6/h8-9H,7H2,1-6H3,(H,14,16)(H,15,17). The number of amides is 2. The maximum atomic E-state index is 12.1. The predicted molar refractivity (Wildman–Crippen MR) is 71.2 cm³/mol. The van der Waals surface area contributed by atoms with Gasteiger partial charge >= 0.3 is 5.97 Å². The van der Waals surface area contributed by atoms with Crippen molar-refractivity contribution in [3.8, 4) is 0 Å². The molecule has 0 aromatic carbocycles. The SMILES string of the molecule is CCOC(=O)C(C(=O)NC(C)C(=O)NC)C(C)(C)C. The van der Waals surface area contributed by atoms with Crippen LogP contribution in [0.15, 0.2) is 0 Å². The third-order valence-corrected chi connectivity index (χ3v) is 2.65. The molecule has 0 aromatic rings. The number of hydrogen-bond acceptors (Lipinski definition) is 4. The Balaban J connectivity index is 4.93. The average Bonchev–Trinajstić information content (AvgIpc) is 2.26. The van der Waals surface area contributed by atoms with Gasteiger partial charge in [0.2, 0.25) is 11.8 Å². The molecule has 6 nitrogen and oxygen atoms in total. The third-order valence-electron chi connectivity index (χ3n) is 2.65. The lowest BCUT2D eigenvalue weighted by Gasteiger charge is -2.28. The predicted octanol–water partition coefficient (Wildman–Crippen LogP) is 0.463. The van der Waals surface area contributed by atoms with Crippen molar-refractivity contribution in [3.63, 3.8) is 0 Å². The smallest absolute Gasteiger partial charge is 0.319 e. The average molecular weight is 272 g/mol. The number of likely N-dealkylation sites (N-methyl/N-ethyl adjacent to an activating group) is 1. The number of carbonyl (C=O) groups excluding carboxylic acids is 3. The highest BCUT2D eigenvalue weighted by Crippen LogP contribution is 2.27. The van der Waals surface area contributed by atoms with Crippen LogP contribution in [0.5, 0.6) is 0 Å². The Bertz CT molecular complexity index is 347. The van der Waals surface area contributed by atoms with Gasteiger partial charge in [0.1, 0.15) is 12.0 Å². The summed E-state index contributed by atoms with van der Waals surface area (Å²) in [5, 5.41) is 4.96. The Morgan fingerprint density at radius 3 is 2.05 bits per heavy atom. The van der Waals surface area contributed by atoms with Crippen molar-refractivity contribution < 1.29 is 19.1 Å². The molecule has 0 saturated heterocycles. The summed E-state index contributed by atoms with van der Waals surface area (Å²) in [4.78, 5) is 35.4. The minimum Gasteiger partial charge on any atom is -0.465 e. The molecule has 19 heavy (non-hydrogen) atoms. The van der Waals surface area contributed by atoms with Gasteiger partial charge < -0.3 is 15.4 Å². The molecule has 2 atom stereocenters. The van der Waals surface area contributed by atoms with Crippen molar-refractivity contribution in [3.05, 3.63) is 0 Å². The maximum absolute atomic E-state index is 12.1. The van der Waals surface area contributed by atoms with Crippen molar-refractivity contribution in [2.75, 3.05) is 13.7 Å². The van der Waals surface area contributed by atoms with Crippen LogP contribution in [0.1, 0.15) is 34.6 Å². The van der Waals surface area contributed by atoms with Gasteiger partial charge in [-0.1, -0.05) is 20.8 Å². The number of ether oxygens (including phenoxy) is 1. The fraction of sp³-hybridized carbons (Fsp3) is 0.769. The Kier molecular flexibility index (Phi) is 6.52. The Labute approximate surface area is 114 Å². The highest BCUT2D eigenvalue weighted by Gasteiger charge is 2.39. The first-order valence-electron chi connectivity index (χ1n) is 6.33. The second-order valence-corrected chi connectivity index (χ2v) is 5.40. The van der Waals surface area contributed by atoms with Gasteiger partial charge in [-0.25, -0.2) is 0 Å². The van der Waals surface area contributed by atoms with E-state index >= 15 is 0 Å². The summed E-state index contributed by atoms with van der Waals surface area (Å²) >= 11 is 0. The van der Waals surface area contributed by atoms with Crippen LogP contribution in [-0.4, -0.2) is 37.5 Å². The van der Waals surface area contributed by atoms with Gasteiger partial charge in [0.25, 0.3) is 0 Å². The van der Waals surface area contributed by atoms with Crippen molar-refractivity contribution in [2.24, 2.45) is 11.3 Å². The number of nitrogens with one attached hydrogen (secondary N) is 2. The molecular formula is C13H24N2O4. The lowest BCUT2D eigenvalue weighted by molar-refractivity contribution is -0.157. The second kappa shape index (κ2) is 7.11. The van der Waals surface area contributed by atoms with Crippen LogP contribution < -0.4 is 10.6 Å². The van der Waals surface area contributed by atoms with E-state index in [9.17, 15) is 14.4 Å². The van der Waals surface area contributed by atoms with Crippen molar-refractivity contribution >= 4 is 17.8 Å².